The van der Waals surface area contributed by atoms with Gasteiger partial charge < -0.3 is 15.4 Å². The maximum absolute atomic E-state index is 13.7. The molecule has 3 aromatic rings. The largest absolute Gasteiger partial charge is 0.494 e. The van der Waals surface area contributed by atoms with Crippen LogP contribution in [-0.4, -0.2) is 21.8 Å². The van der Waals surface area contributed by atoms with Crippen molar-refractivity contribution in [2.24, 2.45) is 0 Å². The number of anilines is 4. The van der Waals surface area contributed by atoms with Gasteiger partial charge in [0.05, 0.1) is 18.5 Å². The molecule has 6 nitrogen and oxygen atoms in total. The lowest BCUT2D eigenvalue weighted by Crippen LogP contribution is -2.03. The van der Waals surface area contributed by atoms with E-state index in [9.17, 15) is 8.78 Å². The first-order chi connectivity index (χ1) is 12.1. The number of hydrogen-bond donors (Lipinski definition) is 2. The Bertz CT molecular complexity index is 858. The predicted octanol–water partition coefficient (Wildman–Crippen LogP) is 4.04. The van der Waals surface area contributed by atoms with Gasteiger partial charge in [0.15, 0.2) is 5.82 Å². The minimum absolute atomic E-state index is 0.0569. The van der Waals surface area contributed by atoms with Gasteiger partial charge in [0.2, 0.25) is 5.95 Å². The van der Waals surface area contributed by atoms with Gasteiger partial charge in [-0.25, -0.2) is 8.78 Å². The van der Waals surface area contributed by atoms with Crippen molar-refractivity contribution in [3.8, 4) is 5.75 Å². The summed E-state index contributed by atoms with van der Waals surface area (Å²) in [5.41, 5.74) is 0.837. The Balaban J connectivity index is 1.72. The average molecular weight is 343 g/mol. The molecule has 1 aromatic heterocycles. The Morgan fingerprint density at radius 1 is 1.04 bits per heavy atom. The molecule has 0 aliphatic carbocycles. The fraction of sp³-hybridized carbons (Fsp3) is 0.118. The number of rotatable bonds is 6. The Morgan fingerprint density at radius 2 is 1.84 bits per heavy atom. The molecule has 1 heterocycles. The summed E-state index contributed by atoms with van der Waals surface area (Å²) in [6.45, 7) is 2.51. The first kappa shape index (κ1) is 16.6. The molecule has 2 aromatic carbocycles. The Kier molecular flexibility index (Phi) is 4.98. The topological polar surface area (TPSA) is 72.0 Å². The van der Waals surface area contributed by atoms with Crippen LogP contribution in [0.25, 0.3) is 0 Å². The molecule has 2 N–H and O–H groups in total. The van der Waals surface area contributed by atoms with E-state index in [-0.39, 0.29) is 11.6 Å². The zero-order valence-electron chi connectivity index (χ0n) is 13.3. The summed E-state index contributed by atoms with van der Waals surface area (Å²) in [4.78, 5) is 4.20. The van der Waals surface area contributed by atoms with Gasteiger partial charge in [-0.05, 0) is 43.3 Å². The molecule has 0 aliphatic heterocycles. The summed E-state index contributed by atoms with van der Waals surface area (Å²) < 4.78 is 32.0. The van der Waals surface area contributed by atoms with E-state index < -0.39 is 11.6 Å². The maximum Gasteiger partial charge on any atom is 0.249 e. The van der Waals surface area contributed by atoms with E-state index in [1.54, 1.807) is 0 Å². The molecule has 0 saturated heterocycles. The first-order valence-electron chi connectivity index (χ1n) is 7.55. The zero-order valence-corrected chi connectivity index (χ0v) is 13.3. The van der Waals surface area contributed by atoms with Gasteiger partial charge in [-0.2, -0.15) is 10.1 Å². The molecule has 0 atom stereocenters. The average Bonchev–Trinajstić information content (AvgIpc) is 2.60. The summed E-state index contributed by atoms with van der Waals surface area (Å²) in [7, 11) is 0. The van der Waals surface area contributed by atoms with Crippen LogP contribution < -0.4 is 15.4 Å². The fourth-order valence-corrected chi connectivity index (χ4v) is 2.08. The summed E-state index contributed by atoms with van der Waals surface area (Å²) in [6, 6.07) is 10.5. The molecule has 0 radical (unpaired) electrons. The van der Waals surface area contributed by atoms with Crippen LogP contribution in [0.15, 0.2) is 48.7 Å². The maximum atomic E-state index is 13.7. The van der Waals surface area contributed by atoms with Crippen LogP contribution in [0.3, 0.4) is 0 Å². The second kappa shape index (κ2) is 7.52. The molecule has 0 spiro atoms. The van der Waals surface area contributed by atoms with Gasteiger partial charge >= 0.3 is 0 Å². The van der Waals surface area contributed by atoms with Gasteiger partial charge in [0, 0.05) is 11.8 Å². The summed E-state index contributed by atoms with van der Waals surface area (Å²) in [5.74, 6) is -0.130. The van der Waals surface area contributed by atoms with Crippen molar-refractivity contribution in [1.82, 2.24) is 15.2 Å². The van der Waals surface area contributed by atoms with Crippen molar-refractivity contribution in [1.29, 1.82) is 0 Å². The molecule has 25 heavy (non-hydrogen) atoms. The van der Waals surface area contributed by atoms with Crippen LogP contribution in [0, 0.1) is 11.6 Å². The highest BCUT2D eigenvalue weighted by molar-refractivity contribution is 5.59. The smallest absolute Gasteiger partial charge is 0.249 e. The number of benzene rings is 2. The highest BCUT2D eigenvalue weighted by atomic mass is 19.1. The number of halogens is 2. The minimum Gasteiger partial charge on any atom is -0.494 e. The van der Waals surface area contributed by atoms with E-state index in [0.717, 1.165) is 23.6 Å². The van der Waals surface area contributed by atoms with Crippen molar-refractivity contribution >= 4 is 23.1 Å². The third kappa shape index (κ3) is 4.37. The lowest BCUT2D eigenvalue weighted by atomic mass is 10.3. The standard InChI is InChI=1S/C17H15F2N5O/c1-2-25-13-6-4-12(5-7-13)21-16-10-20-24-17(23-16)22-15-8-3-11(18)9-14(15)19/h3-10H,2H2,1H3,(H2,21,22,23,24). The summed E-state index contributed by atoms with van der Waals surface area (Å²) in [6.07, 6.45) is 1.43. The Hall–Kier alpha value is -3.29. The molecular formula is C17H15F2N5O. The lowest BCUT2D eigenvalue weighted by molar-refractivity contribution is 0.340. The molecule has 0 bridgehead atoms. The van der Waals surface area contributed by atoms with Crippen LogP contribution in [-0.2, 0) is 0 Å². The monoisotopic (exact) mass is 343 g/mol. The first-order valence-corrected chi connectivity index (χ1v) is 7.55. The van der Waals surface area contributed by atoms with Gasteiger partial charge in [0.25, 0.3) is 0 Å². The quantitative estimate of drug-likeness (QED) is 0.704. The van der Waals surface area contributed by atoms with E-state index in [2.05, 4.69) is 25.8 Å². The highest BCUT2D eigenvalue weighted by Gasteiger charge is 2.07. The zero-order chi connectivity index (χ0) is 17.6. The molecule has 128 valence electrons. The fourth-order valence-electron chi connectivity index (χ4n) is 2.08. The van der Waals surface area contributed by atoms with Crippen molar-refractivity contribution in [2.45, 2.75) is 6.92 Å². The summed E-state index contributed by atoms with van der Waals surface area (Å²) >= 11 is 0. The molecule has 0 amide bonds. The van der Waals surface area contributed by atoms with Crippen molar-refractivity contribution in [3.63, 3.8) is 0 Å². The predicted molar refractivity (Wildman–Crippen MR) is 90.4 cm³/mol. The van der Waals surface area contributed by atoms with E-state index in [1.165, 1.54) is 12.3 Å². The SMILES string of the molecule is CCOc1ccc(Nc2cnnc(Nc3ccc(F)cc3F)n2)cc1. The number of nitrogens with one attached hydrogen (secondary N) is 2. The van der Waals surface area contributed by atoms with Gasteiger partial charge in [-0.1, -0.05) is 0 Å². The minimum atomic E-state index is -0.742. The third-order valence-electron chi connectivity index (χ3n) is 3.17. The van der Waals surface area contributed by atoms with Gasteiger partial charge in [-0.15, -0.1) is 5.10 Å². The normalized spacial score (nSPS) is 10.4. The number of aromatic nitrogens is 3. The van der Waals surface area contributed by atoms with E-state index in [4.69, 9.17) is 4.74 Å². The van der Waals surface area contributed by atoms with Crippen LogP contribution in [0.5, 0.6) is 5.75 Å². The number of ether oxygens (including phenoxy) is 1. The summed E-state index contributed by atoms with van der Waals surface area (Å²) in [5, 5.41) is 13.3. The van der Waals surface area contributed by atoms with Crippen molar-refractivity contribution in [3.05, 3.63) is 60.3 Å². The molecule has 0 saturated carbocycles. The molecule has 0 unspecified atom stereocenters. The molecule has 3 rings (SSSR count). The van der Waals surface area contributed by atoms with Gasteiger partial charge in [0.1, 0.15) is 17.4 Å². The lowest BCUT2D eigenvalue weighted by Gasteiger charge is -2.09. The van der Waals surface area contributed by atoms with Gasteiger partial charge in [-0.3, -0.25) is 0 Å². The van der Waals surface area contributed by atoms with Crippen molar-refractivity contribution < 1.29 is 13.5 Å². The molecule has 8 heteroatoms. The van der Waals surface area contributed by atoms with E-state index in [1.807, 2.05) is 31.2 Å². The third-order valence-corrected chi connectivity index (χ3v) is 3.17. The Morgan fingerprint density at radius 3 is 2.56 bits per heavy atom. The number of nitrogens with zero attached hydrogens (tertiary/aromatic N) is 3. The van der Waals surface area contributed by atoms with E-state index >= 15 is 0 Å². The number of hydrogen-bond acceptors (Lipinski definition) is 6. The van der Waals surface area contributed by atoms with Crippen LogP contribution >= 0.6 is 0 Å². The van der Waals surface area contributed by atoms with E-state index in [0.29, 0.717) is 12.4 Å². The molecular weight excluding hydrogens is 328 g/mol. The highest BCUT2D eigenvalue weighted by Crippen LogP contribution is 2.21. The van der Waals surface area contributed by atoms with Crippen LogP contribution in [0.1, 0.15) is 6.92 Å². The molecule has 0 fully saturated rings. The second-order valence-corrected chi connectivity index (χ2v) is 5.00. The van der Waals surface area contributed by atoms with Crippen LogP contribution in [0.2, 0.25) is 0 Å². The van der Waals surface area contributed by atoms with Crippen LogP contribution in [0.4, 0.5) is 31.9 Å². The Labute approximate surface area is 142 Å². The molecule has 0 aliphatic rings. The van der Waals surface area contributed by atoms with Crippen molar-refractivity contribution in [2.75, 3.05) is 17.2 Å². The second-order valence-electron chi connectivity index (χ2n) is 5.00.